The molecule has 0 aromatic carbocycles. The molecule has 0 bridgehead atoms. The van der Waals surface area contributed by atoms with Gasteiger partial charge >= 0.3 is 6.18 Å². The van der Waals surface area contributed by atoms with Crippen LogP contribution >= 0.6 is 11.9 Å². The van der Waals surface area contributed by atoms with Gasteiger partial charge < -0.3 is 0 Å². The lowest BCUT2D eigenvalue weighted by Gasteiger charge is -2.30. The molecule has 0 saturated heterocycles. The van der Waals surface area contributed by atoms with Crippen molar-refractivity contribution in [2.45, 2.75) is 37.9 Å². The molecule has 1 nitrogen and oxygen atoms in total. The van der Waals surface area contributed by atoms with Crippen LogP contribution in [-0.2, 0) is 0 Å². The van der Waals surface area contributed by atoms with Crippen molar-refractivity contribution in [2.24, 2.45) is 5.92 Å². The Balaban J connectivity index is 2.42. The molecule has 1 aliphatic carbocycles. The molecule has 2 unspecified atom stereocenters. The van der Waals surface area contributed by atoms with Crippen LogP contribution in [0.5, 0.6) is 0 Å². The van der Waals surface area contributed by atoms with E-state index in [4.69, 9.17) is 0 Å². The summed E-state index contributed by atoms with van der Waals surface area (Å²) in [5.41, 5.74) is 0. The lowest BCUT2D eigenvalue weighted by Crippen LogP contribution is -2.36. The number of alkyl halides is 3. The average molecular weight is 213 g/mol. The fourth-order valence-electron chi connectivity index (χ4n) is 1.76. The molecular weight excluding hydrogens is 199 g/mol. The van der Waals surface area contributed by atoms with E-state index in [0.717, 1.165) is 6.42 Å². The molecule has 0 aliphatic heterocycles. The molecule has 1 aliphatic rings. The van der Waals surface area contributed by atoms with E-state index < -0.39 is 12.1 Å². The van der Waals surface area contributed by atoms with Gasteiger partial charge in [0.2, 0.25) is 0 Å². The van der Waals surface area contributed by atoms with E-state index in [1.54, 1.807) is 0 Å². The van der Waals surface area contributed by atoms with Crippen molar-refractivity contribution in [1.29, 1.82) is 0 Å². The molecule has 13 heavy (non-hydrogen) atoms. The molecule has 0 aromatic rings. The maximum Gasteiger partial charge on any atom is 0.391 e. The van der Waals surface area contributed by atoms with E-state index in [1.165, 1.54) is 11.9 Å². The molecule has 0 radical (unpaired) electrons. The topological polar surface area (TPSA) is 12.0 Å². The SMILES string of the molecule is CSNC1CCCC(C(F)(F)F)C1. The molecule has 0 aromatic heterocycles. The number of rotatable bonds is 2. The number of halogens is 3. The van der Waals surface area contributed by atoms with Crippen molar-refractivity contribution >= 4 is 11.9 Å². The highest BCUT2D eigenvalue weighted by molar-refractivity contribution is 7.96. The van der Waals surface area contributed by atoms with Crippen LogP contribution in [-0.4, -0.2) is 18.5 Å². The third-order valence-electron chi connectivity index (χ3n) is 2.42. The number of hydrogen-bond donors (Lipinski definition) is 1. The van der Waals surface area contributed by atoms with E-state index in [9.17, 15) is 13.2 Å². The van der Waals surface area contributed by atoms with Crippen LogP contribution in [0, 0.1) is 5.92 Å². The highest BCUT2D eigenvalue weighted by Crippen LogP contribution is 2.37. The summed E-state index contributed by atoms with van der Waals surface area (Å²) in [6.07, 6.45) is -0.0633. The summed E-state index contributed by atoms with van der Waals surface area (Å²) in [6.45, 7) is 0. The maximum atomic E-state index is 12.3. The summed E-state index contributed by atoms with van der Waals surface area (Å²) >= 11 is 1.40. The fourth-order valence-corrected chi connectivity index (χ4v) is 2.31. The second-order valence-electron chi connectivity index (χ2n) is 3.42. The van der Waals surface area contributed by atoms with Gasteiger partial charge in [-0.15, -0.1) is 0 Å². The Morgan fingerprint density at radius 1 is 1.31 bits per heavy atom. The zero-order chi connectivity index (χ0) is 9.90. The Labute approximate surface area is 80.6 Å². The smallest absolute Gasteiger partial charge is 0.261 e. The van der Waals surface area contributed by atoms with Crippen LogP contribution in [0.25, 0.3) is 0 Å². The zero-order valence-corrected chi connectivity index (χ0v) is 8.34. The molecule has 0 amide bonds. The molecular formula is C8H14F3NS. The fraction of sp³-hybridized carbons (Fsp3) is 1.00. The first-order valence-electron chi connectivity index (χ1n) is 4.39. The van der Waals surface area contributed by atoms with Gasteiger partial charge in [0.1, 0.15) is 0 Å². The van der Waals surface area contributed by atoms with Gasteiger partial charge in [-0.1, -0.05) is 18.4 Å². The Kier molecular flexibility index (Phi) is 3.91. The minimum Gasteiger partial charge on any atom is -0.261 e. The normalized spacial score (nSPS) is 30.5. The zero-order valence-electron chi connectivity index (χ0n) is 7.53. The summed E-state index contributed by atoms with van der Waals surface area (Å²) in [7, 11) is 0. The summed E-state index contributed by atoms with van der Waals surface area (Å²) in [5, 5.41) is 0. The van der Waals surface area contributed by atoms with E-state index in [1.807, 2.05) is 6.26 Å². The van der Waals surface area contributed by atoms with Crippen LogP contribution in [0.3, 0.4) is 0 Å². The molecule has 1 N–H and O–H groups in total. The van der Waals surface area contributed by atoms with Gasteiger partial charge in [0, 0.05) is 6.04 Å². The van der Waals surface area contributed by atoms with Crippen LogP contribution in [0.2, 0.25) is 0 Å². The standard InChI is InChI=1S/C8H14F3NS/c1-13-12-7-4-2-3-6(5-7)8(9,10)11/h6-7,12H,2-5H2,1H3. The van der Waals surface area contributed by atoms with Crippen molar-refractivity contribution in [3.63, 3.8) is 0 Å². The molecule has 0 spiro atoms. The monoisotopic (exact) mass is 213 g/mol. The lowest BCUT2D eigenvalue weighted by molar-refractivity contribution is -0.183. The third-order valence-corrected chi connectivity index (χ3v) is 2.99. The summed E-state index contributed by atoms with van der Waals surface area (Å²) < 4.78 is 40.0. The summed E-state index contributed by atoms with van der Waals surface area (Å²) in [6, 6.07) is 0.0374. The molecule has 1 rings (SSSR count). The first-order valence-corrected chi connectivity index (χ1v) is 5.61. The minimum absolute atomic E-state index is 0.0374. The Bertz CT molecular complexity index is 158. The first-order chi connectivity index (χ1) is 6.04. The van der Waals surface area contributed by atoms with Crippen molar-refractivity contribution in [1.82, 2.24) is 4.72 Å². The van der Waals surface area contributed by atoms with Crippen molar-refractivity contribution in [3.8, 4) is 0 Å². The van der Waals surface area contributed by atoms with Gasteiger partial charge in [-0.3, -0.25) is 4.72 Å². The van der Waals surface area contributed by atoms with Crippen LogP contribution in [0.4, 0.5) is 13.2 Å². The van der Waals surface area contributed by atoms with Crippen LogP contribution in [0.15, 0.2) is 0 Å². The van der Waals surface area contributed by atoms with Crippen LogP contribution < -0.4 is 4.72 Å². The van der Waals surface area contributed by atoms with Gasteiger partial charge in [0.15, 0.2) is 0 Å². The molecule has 78 valence electrons. The molecule has 0 heterocycles. The second kappa shape index (κ2) is 4.55. The van der Waals surface area contributed by atoms with Crippen molar-refractivity contribution < 1.29 is 13.2 Å². The van der Waals surface area contributed by atoms with E-state index in [2.05, 4.69) is 4.72 Å². The molecule has 1 fully saturated rings. The van der Waals surface area contributed by atoms with Gasteiger partial charge in [0.25, 0.3) is 0 Å². The van der Waals surface area contributed by atoms with E-state index in [0.29, 0.717) is 12.8 Å². The Morgan fingerprint density at radius 3 is 2.54 bits per heavy atom. The van der Waals surface area contributed by atoms with Crippen LogP contribution in [0.1, 0.15) is 25.7 Å². The van der Waals surface area contributed by atoms with Gasteiger partial charge in [0.05, 0.1) is 5.92 Å². The quantitative estimate of drug-likeness (QED) is 0.708. The van der Waals surface area contributed by atoms with Gasteiger partial charge in [-0.25, -0.2) is 0 Å². The minimum atomic E-state index is -4.00. The Morgan fingerprint density at radius 2 is 2.00 bits per heavy atom. The van der Waals surface area contributed by atoms with E-state index >= 15 is 0 Å². The van der Waals surface area contributed by atoms with Crippen molar-refractivity contribution in [3.05, 3.63) is 0 Å². The number of nitrogens with one attached hydrogen (secondary N) is 1. The lowest BCUT2D eigenvalue weighted by atomic mass is 9.86. The predicted octanol–water partition coefficient (Wildman–Crippen LogP) is 2.98. The average Bonchev–Trinajstić information content (AvgIpc) is 2.04. The maximum absolute atomic E-state index is 12.3. The van der Waals surface area contributed by atoms with E-state index in [-0.39, 0.29) is 12.5 Å². The third kappa shape index (κ3) is 3.38. The van der Waals surface area contributed by atoms with Gasteiger partial charge in [-0.2, -0.15) is 13.2 Å². The summed E-state index contributed by atoms with van der Waals surface area (Å²) in [4.78, 5) is 0. The molecule has 5 heteroatoms. The van der Waals surface area contributed by atoms with Crippen molar-refractivity contribution in [2.75, 3.05) is 6.26 Å². The largest absolute Gasteiger partial charge is 0.391 e. The molecule has 1 saturated carbocycles. The number of hydrogen-bond acceptors (Lipinski definition) is 2. The molecule has 2 atom stereocenters. The second-order valence-corrected chi connectivity index (χ2v) is 4.07. The highest BCUT2D eigenvalue weighted by atomic mass is 32.2. The summed E-state index contributed by atoms with van der Waals surface area (Å²) in [5.74, 6) is -1.09. The highest BCUT2D eigenvalue weighted by Gasteiger charge is 2.41. The predicted molar refractivity (Wildman–Crippen MR) is 48.5 cm³/mol. The Hall–Kier alpha value is 0.100. The van der Waals surface area contributed by atoms with Gasteiger partial charge in [-0.05, 0) is 25.5 Å². The first kappa shape index (κ1) is 11.2.